The molecule has 1 saturated heterocycles. The second-order valence-electron chi connectivity index (χ2n) is 12.6. The molecule has 0 spiro atoms. The molecule has 0 radical (unpaired) electrons. The van der Waals surface area contributed by atoms with Gasteiger partial charge < -0.3 is 24.7 Å². The van der Waals surface area contributed by atoms with E-state index in [1.165, 1.54) is 0 Å². The fraction of sp³-hybridized carbons (Fsp3) is 0.484. The summed E-state index contributed by atoms with van der Waals surface area (Å²) in [5.74, 6) is 2.32. The zero-order valence-electron chi connectivity index (χ0n) is 23.2. The highest BCUT2D eigenvalue weighted by Gasteiger charge is 2.55. The van der Waals surface area contributed by atoms with Gasteiger partial charge in [-0.15, -0.1) is 0 Å². The maximum atomic E-state index is 13.4. The number of nitrogens with one attached hydrogen (secondary N) is 1. The van der Waals surface area contributed by atoms with Crippen molar-refractivity contribution in [2.45, 2.75) is 50.2 Å². The van der Waals surface area contributed by atoms with Crippen molar-refractivity contribution < 1.29 is 14.4 Å². The first-order valence-corrected chi connectivity index (χ1v) is 14.9. The lowest BCUT2D eigenvalue weighted by Crippen LogP contribution is -2.59. The maximum Gasteiger partial charge on any atom is 0.295 e. The second-order valence-corrected chi connectivity index (χ2v) is 12.6. The fourth-order valence-electron chi connectivity index (χ4n) is 8.24. The predicted octanol–water partition coefficient (Wildman–Crippen LogP) is 3.28. The Labute approximate surface area is 243 Å². The van der Waals surface area contributed by atoms with Gasteiger partial charge in [0.25, 0.3) is 17.6 Å². The Bertz CT molecular complexity index is 1600. The summed E-state index contributed by atoms with van der Waals surface area (Å²) >= 11 is 0. The van der Waals surface area contributed by atoms with Gasteiger partial charge in [-0.05, 0) is 62.0 Å². The van der Waals surface area contributed by atoms with Crippen LogP contribution in [-0.4, -0.2) is 73.8 Å². The van der Waals surface area contributed by atoms with Gasteiger partial charge in [0.05, 0.1) is 28.1 Å². The number of anilines is 2. The minimum Gasteiger partial charge on any atom is -0.390 e. The van der Waals surface area contributed by atoms with Gasteiger partial charge in [-0.1, -0.05) is 17.3 Å². The van der Waals surface area contributed by atoms with Crippen molar-refractivity contribution in [1.29, 1.82) is 5.26 Å². The Morgan fingerprint density at radius 1 is 1.10 bits per heavy atom. The van der Waals surface area contributed by atoms with Gasteiger partial charge >= 0.3 is 0 Å². The first-order chi connectivity index (χ1) is 20.5. The highest BCUT2D eigenvalue weighted by Crippen LogP contribution is 2.56. The van der Waals surface area contributed by atoms with Crippen LogP contribution >= 0.6 is 0 Å². The van der Waals surface area contributed by atoms with E-state index in [-0.39, 0.29) is 23.7 Å². The molecule has 5 fully saturated rings. The monoisotopic (exact) mass is 564 g/mol. The average molecular weight is 565 g/mol. The molecule has 0 aromatic carbocycles. The smallest absolute Gasteiger partial charge is 0.295 e. The summed E-state index contributed by atoms with van der Waals surface area (Å²) in [4.78, 5) is 30.8. The van der Waals surface area contributed by atoms with Crippen LogP contribution < -0.4 is 10.2 Å². The Morgan fingerprint density at radius 2 is 1.90 bits per heavy atom. The van der Waals surface area contributed by atoms with Crippen molar-refractivity contribution >= 4 is 23.5 Å². The van der Waals surface area contributed by atoms with Crippen molar-refractivity contribution in [3.8, 4) is 17.5 Å². The van der Waals surface area contributed by atoms with Crippen molar-refractivity contribution in [3.05, 3.63) is 53.2 Å². The van der Waals surface area contributed by atoms with E-state index < -0.39 is 5.60 Å². The number of piperazine rings is 1. The summed E-state index contributed by atoms with van der Waals surface area (Å²) in [6.07, 6.45) is 13.3. The third-order valence-electron chi connectivity index (χ3n) is 9.96. The number of hydrogen-bond donors (Lipinski definition) is 2. The number of carbonyl (C=O) groups excluding carboxylic acids is 1. The molecular formula is C31H32N8O3. The van der Waals surface area contributed by atoms with Crippen LogP contribution in [0.5, 0.6) is 0 Å². The molecule has 3 aromatic rings. The van der Waals surface area contributed by atoms with Gasteiger partial charge in [0.1, 0.15) is 11.9 Å². The summed E-state index contributed by atoms with van der Waals surface area (Å²) in [6.45, 7) is 2.23. The molecule has 2 unspecified atom stereocenters. The molecule has 1 aliphatic heterocycles. The number of rotatable bonds is 5. The number of pyridine rings is 2. The molecule has 5 aliphatic carbocycles. The minimum atomic E-state index is -0.497. The number of carbonyl (C=O) groups is 1. The van der Waals surface area contributed by atoms with Crippen LogP contribution in [0.1, 0.15) is 59.5 Å². The number of amides is 1. The number of aromatic nitrogens is 4. The fourth-order valence-corrected chi connectivity index (χ4v) is 8.24. The molecule has 2 N–H and O–H groups in total. The largest absolute Gasteiger partial charge is 0.390 e. The Balaban J connectivity index is 1.01. The van der Waals surface area contributed by atoms with Crippen molar-refractivity contribution in [1.82, 2.24) is 25.0 Å². The lowest BCUT2D eigenvalue weighted by molar-refractivity contribution is -0.129. The number of nitriles is 1. The van der Waals surface area contributed by atoms with E-state index in [9.17, 15) is 9.90 Å². The van der Waals surface area contributed by atoms with E-state index in [0.29, 0.717) is 55.1 Å². The van der Waals surface area contributed by atoms with Crippen LogP contribution in [0.15, 0.2) is 35.1 Å². The summed E-state index contributed by atoms with van der Waals surface area (Å²) < 4.78 is 5.70. The van der Waals surface area contributed by atoms with Gasteiger partial charge in [0.15, 0.2) is 0 Å². The van der Waals surface area contributed by atoms with Gasteiger partial charge in [0, 0.05) is 56.6 Å². The van der Waals surface area contributed by atoms with E-state index in [2.05, 4.69) is 48.5 Å². The maximum absolute atomic E-state index is 13.4. The van der Waals surface area contributed by atoms with Crippen LogP contribution in [0.3, 0.4) is 0 Å². The molecule has 1 amide bonds. The first kappa shape index (κ1) is 25.4. The SMILES string of the molecule is N#Cc1ccc(N2CCN(C(=O)c3noc(-c4cnc5c(c4NC4C6CC7CC4CC(O)(C7)C6)C=CC5)n3)CC2)nc1. The van der Waals surface area contributed by atoms with E-state index >= 15 is 0 Å². The van der Waals surface area contributed by atoms with E-state index in [0.717, 1.165) is 61.3 Å². The lowest BCUT2D eigenvalue weighted by Gasteiger charge is -2.58. The van der Waals surface area contributed by atoms with E-state index in [4.69, 9.17) is 9.78 Å². The minimum absolute atomic E-state index is 0.0359. The number of allylic oxidation sites excluding steroid dienone is 1. The van der Waals surface area contributed by atoms with Gasteiger partial charge in [0.2, 0.25) is 0 Å². The third-order valence-corrected chi connectivity index (χ3v) is 9.96. The zero-order valence-corrected chi connectivity index (χ0v) is 23.2. The average Bonchev–Trinajstić information content (AvgIpc) is 3.68. The molecule has 42 heavy (non-hydrogen) atoms. The van der Waals surface area contributed by atoms with Crippen LogP contribution in [0.25, 0.3) is 17.5 Å². The Kier molecular flexibility index (Phi) is 5.83. The van der Waals surface area contributed by atoms with Crippen molar-refractivity contribution in [2.24, 2.45) is 17.8 Å². The molecular weight excluding hydrogens is 532 g/mol. The standard InChI is InChI=1S/C31H32N8O3/c32-15-18-4-5-25(34-16-18)38-6-8-39(9-7-38)30(40)28-36-29(42-37-28)23-17-33-24-3-1-2-22(24)27(23)35-26-20-10-19-11-21(26)14-31(41,12-19)13-20/h1-2,4-5,16-17,19-21,26,41H,3,6-14H2,(H,33,35). The predicted molar refractivity (Wildman–Crippen MR) is 153 cm³/mol. The van der Waals surface area contributed by atoms with Crippen LogP contribution in [0, 0.1) is 29.1 Å². The summed E-state index contributed by atoms with van der Waals surface area (Å²) in [7, 11) is 0. The molecule has 4 bridgehead atoms. The summed E-state index contributed by atoms with van der Waals surface area (Å²) in [6, 6.07) is 5.93. The van der Waals surface area contributed by atoms with Crippen LogP contribution in [0.2, 0.25) is 0 Å². The highest BCUT2D eigenvalue weighted by molar-refractivity contribution is 5.91. The molecule has 4 heterocycles. The van der Waals surface area contributed by atoms with E-state index in [1.807, 2.05) is 6.07 Å². The van der Waals surface area contributed by atoms with Crippen LogP contribution in [0.4, 0.5) is 11.5 Å². The molecule has 11 nitrogen and oxygen atoms in total. The molecule has 4 saturated carbocycles. The number of nitrogens with zero attached hydrogens (tertiary/aromatic N) is 7. The quantitative estimate of drug-likeness (QED) is 0.474. The second kappa shape index (κ2) is 9.63. The van der Waals surface area contributed by atoms with Gasteiger partial charge in [-0.3, -0.25) is 9.78 Å². The molecule has 3 aromatic heterocycles. The highest BCUT2D eigenvalue weighted by atomic mass is 16.5. The Hall–Kier alpha value is -4.30. The number of fused-ring (bicyclic) bond motifs is 1. The topological polar surface area (TPSA) is 144 Å². The Morgan fingerprint density at radius 3 is 2.62 bits per heavy atom. The number of aliphatic hydroxyl groups is 1. The summed E-state index contributed by atoms with van der Waals surface area (Å²) in [5, 5.41) is 28.1. The first-order valence-electron chi connectivity index (χ1n) is 14.9. The van der Waals surface area contributed by atoms with Crippen molar-refractivity contribution in [2.75, 3.05) is 36.4 Å². The molecule has 214 valence electrons. The van der Waals surface area contributed by atoms with Gasteiger partial charge in [-0.25, -0.2) is 4.98 Å². The zero-order chi connectivity index (χ0) is 28.4. The lowest BCUT2D eigenvalue weighted by atomic mass is 9.52. The summed E-state index contributed by atoms with van der Waals surface area (Å²) in [5.41, 5.74) is 3.71. The number of hydrogen-bond acceptors (Lipinski definition) is 10. The molecule has 11 heteroatoms. The molecule has 2 atom stereocenters. The normalized spacial score (nSPS) is 29.0. The van der Waals surface area contributed by atoms with Crippen LogP contribution in [-0.2, 0) is 6.42 Å². The van der Waals surface area contributed by atoms with E-state index in [1.54, 1.807) is 23.4 Å². The molecule has 9 rings (SSSR count). The molecule has 6 aliphatic rings. The third kappa shape index (κ3) is 4.24. The van der Waals surface area contributed by atoms with Gasteiger partial charge in [-0.2, -0.15) is 10.2 Å². The van der Waals surface area contributed by atoms with Crippen molar-refractivity contribution in [3.63, 3.8) is 0 Å².